The minimum atomic E-state index is 0.362. The number of hydrogen-bond donors (Lipinski definition) is 2. The molecular formula is C23H29ClN6O. The van der Waals surface area contributed by atoms with Gasteiger partial charge in [-0.2, -0.15) is 4.98 Å². The summed E-state index contributed by atoms with van der Waals surface area (Å²) in [6.45, 7) is 3.74. The molecule has 1 aliphatic heterocycles. The van der Waals surface area contributed by atoms with Gasteiger partial charge in [0.25, 0.3) is 0 Å². The van der Waals surface area contributed by atoms with Crippen LogP contribution in [-0.4, -0.2) is 52.9 Å². The molecule has 0 atom stereocenters. The average Bonchev–Trinajstić information content (AvgIpc) is 3.24. The van der Waals surface area contributed by atoms with Crippen molar-refractivity contribution in [2.75, 3.05) is 37.4 Å². The standard InChI is InChI=1S/C23H29ClN6O/c1-31-21-8-4-18(5-9-21)16-30(13-10-17-2-6-19(24)7-3-17)20-11-14-29(15-12-20)23-26-22(25)27-28-23/h2-9,20H,10-16H2,1H3,(H3,25,26,27,28). The molecule has 0 spiro atoms. The van der Waals surface area contributed by atoms with Gasteiger partial charge in [0, 0.05) is 37.2 Å². The molecule has 0 radical (unpaired) electrons. The Labute approximate surface area is 188 Å². The number of nitrogens with zero attached hydrogens (tertiary/aromatic N) is 4. The monoisotopic (exact) mass is 440 g/mol. The van der Waals surface area contributed by atoms with Gasteiger partial charge in [-0.15, -0.1) is 5.10 Å². The maximum Gasteiger partial charge on any atom is 0.246 e. The van der Waals surface area contributed by atoms with Crippen LogP contribution < -0.4 is 15.4 Å². The number of piperidine rings is 1. The normalized spacial score (nSPS) is 14.9. The minimum Gasteiger partial charge on any atom is -0.497 e. The highest BCUT2D eigenvalue weighted by Gasteiger charge is 2.26. The van der Waals surface area contributed by atoms with Crippen LogP contribution >= 0.6 is 11.6 Å². The number of hydrogen-bond acceptors (Lipinski definition) is 6. The smallest absolute Gasteiger partial charge is 0.246 e. The number of rotatable bonds is 8. The summed E-state index contributed by atoms with van der Waals surface area (Å²) < 4.78 is 5.31. The van der Waals surface area contributed by atoms with Gasteiger partial charge in [0.05, 0.1) is 7.11 Å². The Morgan fingerprint density at radius 3 is 2.39 bits per heavy atom. The number of methoxy groups -OCH3 is 1. The molecule has 0 aliphatic carbocycles. The molecule has 0 saturated carbocycles. The van der Waals surface area contributed by atoms with E-state index in [-0.39, 0.29) is 0 Å². The highest BCUT2D eigenvalue weighted by molar-refractivity contribution is 6.30. The lowest BCUT2D eigenvalue weighted by molar-refractivity contribution is 0.162. The van der Waals surface area contributed by atoms with Crippen molar-refractivity contribution in [3.8, 4) is 5.75 Å². The zero-order chi connectivity index (χ0) is 21.6. The van der Waals surface area contributed by atoms with Crippen LogP contribution in [0.2, 0.25) is 5.02 Å². The van der Waals surface area contributed by atoms with Crippen LogP contribution in [0.1, 0.15) is 24.0 Å². The summed E-state index contributed by atoms with van der Waals surface area (Å²) in [5.41, 5.74) is 8.29. The van der Waals surface area contributed by atoms with Gasteiger partial charge in [-0.05, 0) is 54.7 Å². The predicted octanol–water partition coefficient (Wildman–Crippen LogP) is 3.76. The lowest BCUT2D eigenvalue weighted by Gasteiger charge is -2.38. The second-order valence-electron chi connectivity index (χ2n) is 7.93. The lowest BCUT2D eigenvalue weighted by atomic mass is 10.0. The van der Waals surface area contributed by atoms with Gasteiger partial charge >= 0.3 is 0 Å². The van der Waals surface area contributed by atoms with Crippen molar-refractivity contribution in [2.45, 2.75) is 31.8 Å². The van der Waals surface area contributed by atoms with Crippen molar-refractivity contribution >= 4 is 23.5 Å². The van der Waals surface area contributed by atoms with E-state index >= 15 is 0 Å². The first-order valence-electron chi connectivity index (χ1n) is 10.6. The van der Waals surface area contributed by atoms with E-state index < -0.39 is 0 Å². The first kappa shape index (κ1) is 21.5. The second-order valence-corrected chi connectivity index (χ2v) is 8.37. The molecule has 0 bridgehead atoms. The van der Waals surface area contributed by atoms with E-state index in [1.165, 1.54) is 11.1 Å². The molecule has 1 aromatic heterocycles. The molecule has 1 fully saturated rings. The largest absolute Gasteiger partial charge is 0.497 e. The maximum absolute atomic E-state index is 6.05. The van der Waals surface area contributed by atoms with Crippen molar-refractivity contribution in [3.63, 3.8) is 0 Å². The Balaban J connectivity index is 1.42. The molecule has 31 heavy (non-hydrogen) atoms. The van der Waals surface area contributed by atoms with E-state index in [0.29, 0.717) is 17.9 Å². The van der Waals surface area contributed by atoms with Crippen molar-refractivity contribution < 1.29 is 4.74 Å². The molecule has 1 aliphatic rings. The van der Waals surface area contributed by atoms with Crippen LogP contribution in [0.25, 0.3) is 0 Å². The predicted molar refractivity (Wildman–Crippen MR) is 125 cm³/mol. The molecular weight excluding hydrogens is 412 g/mol. The van der Waals surface area contributed by atoms with E-state index in [9.17, 15) is 0 Å². The fourth-order valence-corrected chi connectivity index (χ4v) is 4.24. The zero-order valence-corrected chi connectivity index (χ0v) is 18.6. The number of aromatic nitrogens is 3. The van der Waals surface area contributed by atoms with Crippen molar-refractivity contribution in [1.29, 1.82) is 0 Å². The molecule has 8 heteroatoms. The Morgan fingerprint density at radius 1 is 1.10 bits per heavy atom. The number of nitrogens with two attached hydrogens (primary N) is 1. The van der Waals surface area contributed by atoms with Gasteiger partial charge in [-0.3, -0.25) is 4.90 Å². The summed E-state index contributed by atoms with van der Waals surface area (Å²) in [5, 5.41) is 7.71. The van der Waals surface area contributed by atoms with E-state index in [1.54, 1.807) is 7.11 Å². The zero-order valence-electron chi connectivity index (χ0n) is 17.8. The lowest BCUT2D eigenvalue weighted by Crippen LogP contribution is -2.45. The Bertz CT molecular complexity index is 951. The van der Waals surface area contributed by atoms with E-state index in [1.807, 2.05) is 24.3 Å². The molecule has 2 aromatic carbocycles. The van der Waals surface area contributed by atoms with Gasteiger partial charge in [-0.25, -0.2) is 5.10 Å². The number of aromatic amines is 1. The van der Waals surface area contributed by atoms with E-state index in [4.69, 9.17) is 22.1 Å². The Kier molecular flexibility index (Phi) is 6.94. The summed E-state index contributed by atoms with van der Waals surface area (Å²) in [4.78, 5) is 9.07. The quantitative estimate of drug-likeness (QED) is 0.554. The highest BCUT2D eigenvalue weighted by atomic mass is 35.5. The molecule has 7 nitrogen and oxygen atoms in total. The van der Waals surface area contributed by atoms with Crippen LogP contribution in [-0.2, 0) is 13.0 Å². The van der Waals surface area contributed by atoms with Gasteiger partial charge < -0.3 is 15.4 Å². The maximum atomic E-state index is 6.05. The van der Waals surface area contributed by atoms with E-state index in [2.05, 4.69) is 49.2 Å². The summed E-state index contributed by atoms with van der Waals surface area (Å²) >= 11 is 6.05. The summed E-state index contributed by atoms with van der Waals surface area (Å²) in [6.07, 6.45) is 3.11. The molecule has 3 aromatic rings. The number of anilines is 2. The fourth-order valence-electron chi connectivity index (χ4n) is 4.12. The number of ether oxygens (including phenoxy) is 1. The summed E-state index contributed by atoms with van der Waals surface area (Å²) in [6, 6.07) is 17.0. The Hall–Kier alpha value is -2.77. The van der Waals surface area contributed by atoms with Crippen LogP contribution in [0.4, 0.5) is 11.9 Å². The van der Waals surface area contributed by atoms with Crippen LogP contribution in [0, 0.1) is 0 Å². The third-order valence-corrected chi connectivity index (χ3v) is 6.15. The molecule has 3 N–H and O–H groups in total. The number of benzene rings is 2. The van der Waals surface area contributed by atoms with E-state index in [0.717, 1.165) is 56.2 Å². The van der Waals surface area contributed by atoms with Crippen molar-refractivity contribution in [3.05, 3.63) is 64.7 Å². The first-order chi connectivity index (χ1) is 15.1. The molecule has 164 valence electrons. The molecule has 2 heterocycles. The number of nitrogen functional groups attached to an aromatic ring is 1. The number of nitrogens with one attached hydrogen (secondary N) is 1. The van der Waals surface area contributed by atoms with Crippen LogP contribution in [0.5, 0.6) is 5.75 Å². The second kappa shape index (κ2) is 10.0. The summed E-state index contributed by atoms with van der Waals surface area (Å²) in [5.74, 6) is 1.94. The minimum absolute atomic E-state index is 0.362. The topological polar surface area (TPSA) is 83.3 Å². The van der Waals surface area contributed by atoms with Gasteiger partial charge in [-0.1, -0.05) is 35.9 Å². The van der Waals surface area contributed by atoms with Crippen LogP contribution in [0.15, 0.2) is 48.5 Å². The van der Waals surface area contributed by atoms with Crippen molar-refractivity contribution in [2.24, 2.45) is 0 Å². The van der Waals surface area contributed by atoms with Gasteiger partial charge in [0.2, 0.25) is 11.9 Å². The SMILES string of the molecule is COc1ccc(CN(CCc2ccc(Cl)cc2)C2CCN(c3n[nH]c(N)n3)CC2)cc1. The molecule has 0 amide bonds. The first-order valence-corrected chi connectivity index (χ1v) is 11.0. The highest BCUT2D eigenvalue weighted by Crippen LogP contribution is 2.23. The average molecular weight is 441 g/mol. The third kappa shape index (κ3) is 5.68. The number of halogens is 1. The van der Waals surface area contributed by atoms with Crippen molar-refractivity contribution in [1.82, 2.24) is 20.1 Å². The number of H-pyrrole nitrogens is 1. The molecule has 0 unspecified atom stereocenters. The molecule has 1 saturated heterocycles. The fraction of sp³-hybridized carbons (Fsp3) is 0.391. The van der Waals surface area contributed by atoms with Crippen LogP contribution in [0.3, 0.4) is 0 Å². The summed E-state index contributed by atoms with van der Waals surface area (Å²) in [7, 11) is 1.70. The Morgan fingerprint density at radius 2 is 1.77 bits per heavy atom. The van der Waals surface area contributed by atoms with Gasteiger partial charge in [0.15, 0.2) is 0 Å². The van der Waals surface area contributed by atoms with Gasteiger partial charge in [0.1, 0.15) is 5.75 Å². The third-order valence-electron chi connectivity index (χ3n) is 5.90. The molecule has 4 rings (SSSR count).